The van der Waals surface area contributed by atoms with Crippen LogP contribution in [0.2, 0.25) is 0 Å². The van der Waals surface area contributed by atoms with E-state index in [9.17, 15) is 43.2 Å². The maximum absolute atomic E-state index is 13.5. The molecule has 51 heavy (non-hydrogen) atoms. The van der Waals surface area contributed by atoms with E-state index in [1.165, 1.54) is 18.2 Å². The van der Waals surface area contributed by atoms with Gasteiger partial charge in [0.1, 0.15) is 18.1 Å². The fourth-order valence-electron chi connectivity index (χ4n) is 4.24. The Labute approximate surface area is 292 Å². The van der Waals surface area contributed by atoms with Gasteiger partial charge in [-0.25, -0.2) is 0 Å². The second-order valence-electron chi connectivity index (χ2n) is 10.8. The van der Waals surface area contributed by atoms with Gasteiger partial charge >= 0.3 is 17.9 Å². The standard InChI is InChI=1S/C33H42N6O12/c1-4-13-34-31(49)22(7-10-25(40)41)37-28(46)19-16-20(29(47)38-23(8-11-26(42)43)32(50)35-14-5-2)18-21(17-19)30(48)39-24(9-12-27(44)45)33(51)36-15-6-3/h4-6,16-18,22-24H,1-3,7-15H2,(H,34,49)(H,35,50)(H,36,51)(H,37,46)(H,38,47)(H,39,48)(H,40,41)(H,42,43)(H,44,45)/t22-,23-,24-/m0/s1. The summed E-state index contributed by atoms with van der Waals surface area (Å²) in [7, 11) is 0. The Hall–Kier alpha value is -6.33. The van der Waals surface area contributed by atoms with Crippen molar-refractivity contribution in [1.82, 2.24) is 31.9 Å². The van der Waals surface area contributed by atoms with Crippen molar-refractivity contribution in [3.63, 3.8) is 0 Å². The number of carboxylic acids is 3. The van der Waals surface area contributed by atoms with Crippen LogP contribution in [0.4, 0.5) is 0 Å². The predicted octanol–water partition coefficient (Wildman–Crippen LogP) is -0.517. The molecule has 6 amide bonds. The summed E-state index contributed by atoms with van der Waals surface area (Å²) < 4.78 is 0. The number of nitrogens with one attached hydrogen (secondary N) is 6. The van der Waals surface area contributed by atoms with E-state index in [1.54, 1.807) is 0 Å². The van der Waals surface area contributed by atoms with E-state index < -0.39 is 90.7 Å². The van der Waals surface area contributed by atoms with Crippen LogP contribution in [-0.4, -0.2) is 106 Å². The third-order valence-electron chi connectivity index (χ3n) is 6.79. The number of carbonyl (C=O) groups is 9. The number of hydrogen-bond acceptors (Lipinski definition) is 9. The van der Waals surface area contributed by atoms with E-state index in [2.05, 4.69) is 51.6 Å². The molecule has 1 aromatic carbocycles. The normalized spacial score (nSPS) is 12.0. The second kappa shape index (κ2) is 22.3. The number of hydrogen-bond donors (Lipinski definition) is 9. The molecule has 0 saturated carbocycles. The molecule has 0 bridgehead atoms. The van der Waals surface area contributed by atoms with Crippen molar-refractivity contribution < 1.29 is 58.5 Å². The van der Waals surface area contributed by atoms with E-state index in [0.29, 0.717) is 0 Å². The number of carbonyl (C=O) groups excluding carboxylic acids is 6. The highest BCUT2D eigenvalue weighted by Gasteiger charge is 2.27. The van der Waals surface area contributed by atoms with Crippen molar-refractivity contribution in [1.29, 1.82) is 0 Å². The highest BCUT2D eigenvalue weighted by atomic mass is 16.4. The zero-order valence-electron chi connectivity index (χ0n) is 27.7. The Morgan fingerprint density at radius 2 is 0.725 bits per heavy atom. The molecule has 0 radical (unpaired) electrons. The van der Waals surface area contributed by atoms with E-state index in [1.807, 2.05) is 0 Å². The molecule has 0 fully saturated rings. The van der Waals surface area contributed by atoms with Crippen molar-refractivity contribution in [3.05, 3.63) is 72.9 Å². The summed E-state index contributed by atoms with van der Waals surface area (Å²) in [5.74, 6) is -9.12. The Bertz CT molecular complexity index is 1340. The van der Waals surface area contributed by atoms with Crippen LogP contribution in [0.3, 0.4) is 0 Å². The molecule has 276 valence electrons. The molecule has 0 unspecified atom stereocenters. The first-order valence-corrected chi connectivity index (χ1v) is 15.5. The first-order valence-electron chi connectivity index (χ1n) is 15.5. The minimum Gasteiger partial charge on any atom is -0.481 e. The topological polar surface area (TPSA) is 286 Å². The van der Waals surface area contributed by atoms with Gasteiger partial charge in [-0.1, -0.05) is 18.2 Å². The van der Waals surface area contributed by atoms with Crippen molar-refractivity contribution in [2.45, 2.75) is 56.7 Å². The lowest BCUT2D eigenvalue weighted by Crippen LogP contribution is -2.48. The number of amides is 6. The van der Waals surface area contributed by atoms with Gasteiger partial charge in [-0.15, -0.1) is 19.7 Å². The summed E-state index contributed by atoms with van der Waals surface area (Å²) in [6.07, 6.45) is 1.49. The largest absolute Gasteiger partial charge is 0.481 e. The quantitative estimate of drug-likeness (QED) is 0.0612. The van der Waals surface area contributed by atoms with Gasteiger partial charge in [0.2, 0.25) is 17.7 Å². The third kappa shape index (κ3) is 16.1. The van der Waals surface area contributed by atoms with Gasteiger partial charge < -0.3 is 47.2 Å². The summed E-state index contributed by atoms with van der Waals surface area (Å²) in [6.45, 7) is 10.4. The number of carboxylic acid groups (broad SMARTS) is 3. The molecular weight excluding hydrogens is 672 g/mol. The average Bonchev–Trinajstić information content (AvgIpc) is 3.09. The Kier molecular flexibility index (Phi) is 18.7. The summed E-state index contributed by atoms with van der Waals surface area (Å²) >= 11 is 0. The van der Waals surface area contributed by atoms with Gasteiger partial charge in [-0.05, 0) is 37.5 Å². The van der Waals surface area contributed by atoms with Crippen LogP contribution in [0.25, 0.3) is 0 Å². The van der Waals surface area contributed by atoms with Crippen LogP contribution in [0.15, 0.2) is 56.2 Å². The van der Waals surface area contributed by atoms with Gasteiger partial charge in [0.05, 0.1) is 0 Å². The molecule has 1 rings (SSSR count). The molecule has 0 aliphatic heterocycles. The van der Waals surface area contributed by atoms with Crippen LogP contribution in [0, 0.1) is 0 Å². The third-order valence-corrected chi connectivity index (χ3v) is 6.79. The van der Waals surface area contributed by atoms with Crippen LogP contribution in [0.1, 0.15) is 69.6 Å². The number of rotatable bonds is 24. The lowest BCUT2D eigenvalue weighted by molar-refractivity contribution is -0.138. The molecule has 18 heteroatoms. The van der Waals surface area contributed by atoms with Crippen molar-refractivity contribution in [2.24, 2.45) is 0 Å². The molecule has 0 saturated heterocycles. The summed E-state index contributed by atoms with van der Waals surface area (Å²) in [6, 6.07) is -1.13. The first-order chi connectivity index (χ1) is 24.1. The zero-order valence-corrected chi connectivity index (χ0v) is 27.7. The monoisotopic (exact) mass is 714 g/mol. The lowest BCUT2D eigenvalue weighted by atomic mass is 10.0. The fourth-order valence-corrected chi connectivity index (χ4v) is 4.24. The fraction of sp³-hybridized carbons (Fsp3) is 0.364. The molecule has 0 aliphatic rings. The van der Waals surface area contributed by atoms with Gasteiger partial charge in [0, 0.05) is 55.6 Å². The number of benzene rings is 1. The number of aliphatic carboxylic acids is 3. The van der Waals surface area contributed by atoms with Gasteiger partial charge in [-0.2, -0.15) is 0 Å². The molecule has 0 aromatic heterocycles. The van der Waals surface area contributed by atoms with Gasteiger partial charge in [0.15, 0.2) is 0 Å². The average molecular weight is 715 g/mol. The van der Waals surface area contributed by atoms with Crippen LogP contribution < -0.4 is 31.9 Å². The van der Waals surface area contributed by atoms with E-state index in [0.717, 1.165) is 18.2 Å². The van der Waals surface area contributed by atoms with Crippen molar-refractivity contribution >= 4 is 53.4 Å². The van der Waals surface area contributed by atoms with Crippen LogP contribution in [-0.2, 0) is 28.8 Å². The Morgan fingerprint density at radius 3 is 0.922 bits per heavy atom. The maximum atomic E-state index is 13.5. The smallest absolute Gasteiger partial charge is 0.303 e. The van der Waals surface area contributed by atoms with Gasteiger partial charge in [0.25, 0.3) is 17.7 Å². The molecule has 3 atom stereocenters. The SMILES string of the molecule is C=CCNC(=O)[C@H](CCC(=O)O)NC(=O)c1cc(C(=O)N[C@@H](CCC(=O)O)C(=O)NCC=C)cc(C(=O)N[C@@H](CCC(=O)O)C(=O)NCC=C)c1. The highest BCUT2D eigenvalue weighted by Crippen LogP contribution is 2.14. The van der Waals surface area contributed by atoms with Crippen LogP contribution >= 0.6 is 0 Å². The van der Waals surface area contributed by atoms with E-state index >= 15 is 0 Å². The molecule has 1 aromatic rings. The molecule has 9 N–H and O–H groups in total. The summed E-state index contributed by atoms with van der Waals surface area (Å²) in [5, 5.41) is 41.9. The molecule has 18 nitrogen and oxygen atoms in total. The summed E-state index contributed by atoms with van der Waals surface area (Å²) in [4.78, 5) is 112. The van der Waals surface area contributed by atoms with Crippen LogP contribution in [0.5, 0.6) is 0 Å². The Morgan fingerprint density at radius 1 is 0.490 bits per heavy atom. The minimum atomic E-state index is -1.38. The Balaban J connectivity index is 3.66. The first kappa shape index (κ1) is 42.7. The molecule has 0 aliphatic carbocycles. The van der Waals surface area contributed by atoms with Gasteiger partial charge in [-0.3, -0.25) is 43.2 Å². The minimum absolute atomic E-state index is 0.00883. The molecular formula is C33H42N6O12. The van der Waals surface area contributed by atoms with E-state index in [-0.39, 0.29) is 55.6 Å². The summed E-state index contributed by atoms with van der Waals surface area (Å²) in [5.41, 5.74) is -1.16. The van der Waals surface area contributed by atoms with Crippen molar-refractivity contribution in [2.75, 3.05) is 19.6 Å². The van der Waals surface area contributed by atoms with Crippen molar-refractivity contribution in [3.8, 4) is 0 Å². The highest BCUT2D eigenvalue weighted by molar-refractivity contribution is 6.06. The second-order valence-corrected chi connectivity index (χ2v) is 10.8. The lowest BCUT2D eigenvalue weighted by Gasteiger charge is -2.20. The zero-order chi connectivity index (χ0) is 38.5. The molecule has 0 heterocycles. The molecule has 0 spiro atoms. The predicted molar refractivity (Wildman–Crippen MR) is 180 cm³/mol. The maximum Gasteiger partial charge on any atom is 0.303 e. The van der Waals surface area contributed by atoms with E-state index in [4.69, 9.17) is 15.3 Å².